The van der Waals surface area contributed by atoms with Gasteiger partial charge >= 0.3 is 0 Å². The van der Waals surface area contributed by atoms with Crippen LogP contribution >= 0.6 is 0 Å². The standard InChI is InChI=1S/C20H28N4O3/c1-20(2,3)19-22-18(23-27-19)13-24-8-4-5-15(12-24)21-14-6-7-16-17(11-14)26-10-9-25-16/h6-7,11,15,21H,4-5,8-10,12-13H2,1-3H3/t15-/m1/s1. The van der Waals surface area contributed by atoms with Crippen molar-refractivity contribution in [3.05, 3.63) is 29.9 Å². The molecule has 7 nitrogen and oxygen atoms in total. The summed E-state index contributed by atoms with van der Waals surface area (Å²) in [6, 6.07) is 6.45. The van der Waals surface area contributed by atoms with Gasteiger partial charge in [0.1, 0.15) is 13.2 Å². The average Bonchev–Trinajstić information content (AvgIpc) is 3.11. The van der Waals surface area contributed by atoms with Gasteiger partial charge in [-0.25, -0.2) is 0 Å². The zero-order valence-corrected chi connectivity index (χ0v) is 16.3. The van der Waals surface area contributed by atoms with Gasteiger partial charge in [0.15, 0.2) is 17.3 Å². The molecule has 7 heteroatoms. The minimum absolute atomic E-state index is 0.116. The summed E-state index contributed by atoms with van der Waals surface area (Å²) in [6.45, 7) is 10.2. The smallest absolute Gasteiger partial charge is 0.232 e. The predicted octanol–water partition coefficient (Wildman–Crippen LogP) is 3.21. The number of fused-ring (bicyclic) bond motifs is 1. The molecule has 2 aliphatic heterocycles. The fourth-order valence-corrected chi connectivity index (χ4v) is 3.51. The molecule has 1 aromatic heterocycles. The maximum Gasteiger partial charge on any atom is 0.232 e. The Morgan fingerprint density at radius 3 is 2.78 bits per heavy atom. The quantitative estimate of drug-likeness (QED) is 0.883. The van der Waals surface area contributed by atoms with Crippen molar-refractivity contribution in [3.8, 4) is 11.5 Å². The highest BCUT2D eigenvalue weighted by Crippen LogP contribution is 2.33. The number of rotatable bonds is 4. The molecule has 0 saturated carbocycles. The normalized spacial score (nSPS) is 20.5. The number of ether oxygens (including phenoxy) is 2. The van der Waals surface area contributed by atoms with E-state index in [4.69, 9.17) is 14.0 Å². The number of nitrogens with one attached hydrogen (secondary N) is 1. The fourth-order valence-electron chi connectivity index (χ4n) is 3.51. The van der Waals surface area contributed by atoms with Crippen molar-refractivity contribution in [1.29, 1.82) is 0 Å². The van der Waals surface area contributed by atoms with E-state index in [9.17, 15) is 0 Å². The summed E-state index contributed by atoms with van der Waals surface area (Å²) in [5.74, 6) is 3.10. The zero-order valence-electron chi connectivity index (χ0n) is 16.3. The molecule has 2 aromatic rings. The molecule has 1 atom stereocenters. The van der Waals surface area contributed by atoms with Gasteiger partial charge in [-0.2, -0.15) is 4.98 Å². The van der Waals surface area contributed by atoms with Crippen LogP contribution in [0.15, 0.2) is 22.7 Å². The van der Waals surface area contributed by atoms with Crippen LogP contribution in [-0.4, -0.2) is 47.4 Å². The number of likely N-dealkylation sites (tertiary alicyclic amines) is 1. The number of nitrogens with zero attached hydrogens (tertiary/aromatic N) is 3. The Morgan fingerprint density at radius 1 is 1.19 bits per heavy atom. The van der Waals surface area contributed by atoms with Gasteiger partial charge in [-0.15, -0.1) is 0 Å². The molecule has 4 rings (SSSR count). The van der Waals surface area contributed by atoms with E-state index < -0.39 is 0 Å². The molecule has 1 saturated heterocycles. The molecule has 2 aliphatic rings. The molecule has 146 valence electrons. The minimum atomic E-state index is -0.116. The van der Waals surface area contributed by atoms with Crippen LogP contribution in [0.1, 0.15) is 45.3 Å². The first-order valence-corrected chi connectivity index (χ1v) is 9.69. The van der Waals surface area contributed by atoms with Crippen LogP contribution in [0.25, 0.3) is 0 Å². The molecule has 1 aromatic carbocycles. The highest BCUT2D eigenvalue weighted by atomic mass is 16.6. The van der Waals surface area contributed by atoms with Gasteiger partial charge in [0, 0.05) is 29.8 Å². The molecule has 0 aliphatic carbocycles. The van der Waals surface area contributed by atoms with Gasteiger partial charge in [0.2, 0.25) is 5.89 Å². The van der Waals surface area contributed by atoms with Crippen molar-refractivity contribution in [2.45, 2.75) is 51.6 Å². The van der Waals surface area contributed by atoms with E-state index in [2.05, 4.69) is 47.2 Å². The van der Waals surface area contributed by atoms with Crippen molar-refractivity contribution in [2.24, 2.45) is 0 Å². The monoisotopic (exact) mass is 372 g/mol. The molecule has 0 bridgehead atoms. The van der Waals surface area contributed by atoms with Gasteiger partial charge in [-0.1, -0.05) is 25.9 Å². The maximum absolute atomic E-state index is 5.68. The molecular weight excluding hydrogens is 344 g/mol. The SMILES string of the molecule is CC(C)(C)c1nc(CN2CCC[C@@H](Nc3ccc4c(c3)OCCO4)C2)no1. The van der Waals surface area contributed by atoms with Crippen molar-refractivity contribution in [1.82, 2.24) is 15.0 Å². The van der Waals surface area contributed by atoms with E-state index in [1.807, 2.05) is 12.1 Å². The lowest BCUT2D eigenvalue weighted by Gasteiger charge is -2.33. The van der Waals surface area contributed by atoms with Gasteiger partial charge in [0.05, 0.1) is 6.54 Å². The lowest BCUT2D eigenvalue weighted by atomic mass is 9.97. The Labute approximate surface area is 160 Å². The van der Waals surface area contributed by atoms with Crippen molar-refractivity contribution in [3.63, 3.8) is 0 Å². The third kappa shape index (κ3) is 4.35. The molecule has 0 amide bonds. The summed E-state index contributed by atoms with van der Waals surface area (Å²) < 4.78 is 16.7. The van der Waals surface area contributed by atoms with E-state index in [0.29, 0.717) is 25.1 Å². The first kappa shape index (κ1) is 18.1. The Hall–Kier alpha value is -2.28. The van der Waals surface area contributed by atoms with Crippen LogP contribution < -0.4 is 14.8 Å². The molecule has 3 heterocycles. The second kappa shape index (κ2) is 7.38. The summed E-state index contributed by atoms with van der Waals surface area (Å²) >= 11 is 0. The third-order valence-corrected chi connectivity index (χ3v) is 4.89. The summed E-state index contributed by atoms with van der Waals surface area (Å²) in [5, 5.41) is 7.79. The van der Waals surface area contributed by atoms with Gasteiger partial charge in [0.25, 0.3) is 0 Å². The summed E-state index contributed by atoms with van der Waals surface area (Å²) in [7, 11) is 0. The third-order valence-electron chi connectivity index (χ3n) is 4.89. The first-order valence-electron chi connectivity index (χ1n) is 9.69. The van der Waals surface area contributed by atoms with E-state index in [1.165, 1.54) is 0 Å². The summed E-state index contributed by atoms with van der Waals surface area (Å²) in [6.07, 6.45) is 2.29. The lowest BCUT2D eigenvalue weighted by molar-refractivity contribution is 0.171. The van der Waals surface area contributed by atoms with Crippen LogP contribution in [-0.2, 0) is 12.0 Å². The van der Waals surface area contributed by atoms with Gasteiger partial charge in [-0.3, -0.25) is 4.90 Å². The number of anilines is 1. The zero-order chi connectivity index (χ0) is 18.9. The molecule has 0 unspecified atom stereocenters. The van der Waals surface area contributed by atoms with Crippen molar-refractivity contribution >= 4 is 5.69 Å². The number of benzene rings is 1. The second-order valence-electron chi connectivity index (χ2n) is 8.34. The van der Waals surface area contributed by atoms with Crippen molar-refractivity contribution < 1.29 is 14.0 Å². The predicted molar refractivity (Wildman–Crippen MR) is 102 cm³/mol. The van der Waals surface area contributed by atoms with Crippen LogP contribution in [0.2, 0.25) is 0 Å². The van der Waals surface area contributed by atoms with E-state index in [0.717, 1.165) is 55.5 Å². The highest BCUT2D eigenvalue weighted by Gasteiger charge is 2.25. The van der Waals surface area contributed by atoms with E-state index >= 15 is 0 Å². The average molecular weight is 372 g/mol. The number of piperidine rings is 1. The maximum atomic E-state index is 5.68. The van der Waals surface area contributed by atoms with Gasteiger partial charge < -0.3 is 19.3 Å². The van der Waals surface area contributed by atoms with Crippen LogP contribution in [0.4, 0.5) is 5.69 Å². The Kier molecular flexibility index (Phi) is 4.95. The molecular formula is C20H28N4O3. The fraction of sp³-hybridized carbons (Fsp3) is 0.600. The van der Waals surface area contributed by atoms with Gasteiger partial charge in [-0.05, 0) is 31.5 Å². The molecule has 27 heavy (non-hydrogen) atoms. The van der Waals surface area contributed by atoms with Crippen LogP contribution in [0.5, 0.6) is 11.5 Å². The van der Waals surface area contributed by atoms with E-state index in [1.54, 1.807) is 0 Å². The Balaban J connectivity index is 1.36. The molecule has 0 radical (unpaired) electrons. The first-order chi connectivity index (χ1) is 13.0. The number of hydrogen-bond acceptors (Lipinski definition) is 7. The minimum Gasteiger partial charge on any atom is -0.486 e. The molecule has 1 fully saturated rings. The number of hydrogen-bond donors (Lipinski definition) is 1. The lowest BCUT2D eigenvalue weighted by Crippen LogP contribution is -2.41. The topological polar surface area (TPSA) is 72.7 Å². The Bertz CT molecular complexity index is 784. The van der Waals surface area contributed by atoms with Crippen LogP contribution in [0, 0.1) is 0 Å². The summed E-state index contributed by atoms with van der Waals surface area (Å²) in [4.78, 5) is 6.95. The largest absolute Gasteiger partial charge is 0.486 e. The Morgan fingerprint density at radius 2 is 2.00 bits per heavy atom. The second-order valence-corrected chi connectivity index (χ2v) is 8.34. The highest BCUT2D eigenvalue weighted by molar-refractivity contribution is 5.55. The molecule has 0 spiro atoms. The molecule has 1 N–H and O–H groups in total. The van der Waals surface area contributed by atoms with Crippen molar-refractivity contribution in [2.75, 3.05) is 31.6 Å². The number of aromatic nitrogens is 2. The van der Waals surface area contributed by atoms with E-state index in [-0.39, 0.29) is 5.41 Å². The van der Waals surface area contributed by atoms with Crippen LogP contribution in [0.3, 0.4) is 0 Å². The summed E-state index contributed by atoms with van der Waals surface area (Å²) in [5.41, 5.74) is 0.954.